The number of rotatable bonds is 4. The highest BCUT2D eigenvalue weighted by Crippen LogP contribution is 2.32. The summed E-state index contributed by atoms with van der Waals surface area (Å²) in [6.07, 6.45) is 6.56. The standard InChI is InChI=1S/C16H25N/c1-4-13-9-10-15(11-13)17-16-12(3)7-6-8-14(16)5-2/h6-8,13,15,17H,4-5,9-11H2,1-3H3. The Morgan fingerprint density at radius 3 is 2.71 bits per heavy atom. The maximum absolute atomic E-state index is 3.79. The normalized spacial score (nSPS) is 23.9. The zero-order valence-electron chi connectivity index (χ0n) is 11.4. The van der Waals surface area contributed by atoms with Crippen LogP contribution in [0.15, 0.2) is 18.2 Å². The molecular formula is C16H25N. The minimum atomic E-state index is 0.700. The Hall–Kier alpha value is -0.980. The summed E-state index contributed by atoms with van der Waals surface area (Å²) in [5, 5.41) is 3.79. The Morgan fingerprint density at radius 2 is 2.06 bits per heavy atom. The first-order chi connectivity index (χ1) is 8.24. The lowest BCUT2D eigenvalue weighted by molar-refractivity contribution is 0.525. The lowest BCUT2D eigenvalue weighted by Crippen LogP contribution is -2.17. The lowest BCUT2D eigenvalue weighted by Gasteiger charge is -2.19. The van der Waals surface area contributed by atoms with Crippen molar-refractivity contribution < 1.29 is 0 Å². The zero-order valence-corrected chi connectivity index (χ0v) is 11.4. The van der Waals surface area contributed by atoms with Crippen LogP contribution in [0.1, 0.15) is 50.7 Å². The van der Waals surface area contributed by atoms with E-state index in [0.29, 0.717) is 6.04 Å². The van der Waals surface area contributed by atoms with Crippen LogP contribution < -0.4 is 5.32 Å². The molecule has 94 valence electrons. The molecule has 2 rings (SSSR count). The van der Waals surface area contributed by atoms with Crippen molar-refractivity contribution in [3.8, 4) is 0 Å². The van der Waals surface area contributed by atoms with Crippen LogP contribution >= 0.6 is 0 Å². The number of hydrogen-bond donors (Lipinski definition) is 1. The molecule has 2 unspecified atom stereocenters. The average molecular weight is 231 g/mol. The summed E-state index contributed by atoms with van der Waals surface area (Å²) in [6, 6.07) is 7.34. The molecule has 1 aromatic carbocycles. The number of hydrogen-bond acceptors (Lipinski definition) is 1. The van der Waals surface area contributed by atoms with Crippen molar-refractivity contribution >= 4 is 5.69 Å². The lowest BCUT2D eigenvalue weighted by atomic mass is 10.0. The zero-order chi connectivity index (χ0) is 12.3. The minimum absolute atomic E-state index is 0.700. The van der Waals surface area contributed by atoms with Gasteiger partial charge in [0.2, 0.25) is 0 Å². The van der Waals surface area contributed by atoms with Crippen molar-refractivity contribution in [1.29, 1.82) is 0 Å². The van der Waals surface area contributed by atoms with Crippen molar-refractivity contribution in [3.63, 3.8) is 0 Å². The van der Waals surface area contributed by atoms with E-state index >= 15 is 0 Å². The molecule has 1 aromatic rings. The van der Waals surface area contributed by atoms with Crippen LogP contribution in [-0.4, -0.2) is 6.04 Å². The van der Waals surface area contributed by atoms with Gasteiger partial charge in [0.15, 0.2) is 0 Å². The molecule has 2 atom stereocenters. The van der Waals surface area contributed by atoms with Crippen LogP contribution in [0.25, 0.3) is 0 Å². The Morgan fingerprint density at radius 1 is 1.24 bits per heavy atom. The highest BCUT2D eigenvalue weighted by molar-refractivity contribution is 5.57. The first kappa shape index (κ1) is 12.5. The van der Waals surface area contributed by atoms with E-state index in [1.807, 2.05) is 0 Å². The quantitative estimate of drug-likeness (QED) is 0.801. The summed E-state index contributed by atoms with van der Waals surface area (Å²) in [7, 11) is 0. The van der Waals surface area contributed by atoms with Crippen molar-refractivity contribution in [2.45, 2.75) is 58.9 Å². The smallest absolute Gasteiger partial charge is 0.0404 e. The molecule has 1 fully saturated rings. The second kappa shape index (κ2) is 5.57. The van der Waals surface area contributed by atoms with Gasteiger partial charge in [-0.1, -0.05) is 38.5 Å². The van der Waals surface area contributed by atoms with Crippen LogP contribution in [0, 0.1) is 12.8 Å². The fourth-order valence-electron chi connectivity index (χ4n) is 3.01. The van der Waals surface area contributed by atoms with E-state index in [4.69, 9.17) is 0 Å². The van der Waals surface area contributed by atoms with E-state index in [1.165, 1.54) is 42.5 Å². The number of para-hydroxylation sites is 1. The van der Waals surface area contributed by atoms with Crippen LogP contribution in [0.5, 0.6) is 0 Å². The first-order valence-corrected chi connectivity index (χ1v) is 7.09. The van der Waals surface area contributed by atoms with Crippen molar-refractivity contribution in [2.75, 3.05) is 5.32 Å². The molecular weight excluding hydrogens is 206 g/mol. The second-order valence-corrected chi connectivity index (χ2v) is 5.39. The molecule has 0 amide bonds. The van der Waals surface area contributed by atoms with Gasteiger partial charge in [-0.15, -0.1) is 0 Å². The number of nitrogens with one attached hydrogen (secondary N) is 1. The van der Waals surface area contributed by atoms with E-state index in [9.17, 15) is 0 Å². The summed E-state index contributed by atoms with van der Waals surface area (Å²) in [5.74, 6) is 0.946. The molecule has 0 aliphatic heterocycles. The minimum Gasteiger partial charge on any atom is -0.382 e. The summed E-state index contributed by atoms with van der Waals surface area (Å²) >= 11 is 0. The molecule has 0 heterocycles. The number of aryl methyl sites for hydroxylation is 2. The van der Waals surface area contributed by atoms with Crippen LogP contribution in [-0.2, 0) is 6.42 Å². The van der Waals surface area contributed by atoms with Gasteiger partial charge in [0.1, 0.15) is 0 Å². The van der Waals surface area contributed by atoms with Crippen molar-refractivity contribution in [3.05, 3.63) is 29.3 Å². The maximum Gasteiger partial charge on any atom is 0.0404 e. The van der Waals surface area contributed by atoms with Crippen LogP contribution in [0.2, 0.25) is 0 Å². The third kappa shape index (κ3) is 2.83. The van der Waals surface area contributed by atoms with E-state index in [0.717, 1.165) is 12.3 Å². The van der Waals surface area contributed by atoms with Crippen molar-refractivity contribution in [1.82, 2.24) is 0 Å². The fourth-order valence-corrected chi connectivity index (χ4v) is 3.01. The molecule has 1 heteroatoms. The molecule has 0 radical (unpaired) electrons. The molecule has 17 heavy (non-hydrogen) atoms. The molecule has 0 bridgehead atoms. The predicted octanol–water partition coefficient (Wildman–Crippen LogP) is 4.55. The molecule has 0 spiro atoms. The van der Waals surface area contributed by atoms with Gasteiger partial charge in [-0.2, -0.15) is 0 Å². The molecule has 1 aliphatic carbocycles. The SMILES string of the molecule is CCc1cccc(C)c1NC1CCC(CC)C1. The molecule has 1 saturated carbocycles. The molecule has 0 saturated heterocycles. The van der Waals surface area contributed by atoms with Gasteiger partial charge >= 0.3 is 0 Å². The highest BCUT2D eigenvalue weighted by atomic mass is 14.9. The van der Waals surface area contributed by atoms with Gasteiger partial charge in [-0.3, -0.25) is 0 Å². The van der Waals surface area contributed by atoms with E-state index < -0.39 is 0 Å². The Balaban J connectivity index is 2.08. The van der Waals surface area contributed by atoms with Crippen LogP contribution in [0.4, 0.5) is 5.69 Å². The van der Waals surface area contributed by atoms with Gasteiger partial charge in [0, 0.05) is 11.7 Å². The third-order valence-corrected chi connectivity index (χ3v) is 4.21. The van der Waals surface area contributed by atoms with Gasteiger partial charge in [-0.05, 0) is 49.7 Å². The number of benzene rings is 1. The molecule has 1 aliphatic rings. The van der Waals surface area contributed by atoms with E-state index in [-0.39, 0.29) is 0 Å². The first-order valence-electron chi connectivity index (χ1n) is 7.09. The summed E-state index contributed by atoms with van der Waals surface area (Å²) in [6.45, 7) is 6.77. The van der Waals surface area contributed by atoms with Crippen molar-refractivity contribution in [2.24, 2.45) is 5.92 Å². The highest BCUT2D eigenvalue weighted by Gasteiger charge is 2.23. The maximum atomic E-state index is 3.79. The van der Waals surface area contributed by atoms with Gasteiger partial charge in [0.05, 0.1) is 0 Å². The van der Waals surface area contributed by atoms with Crippen LogP contribution in [0.3, 0.4) is 0 Å². The summed E-state index contributed by atoms with van der Waals surface area (Å²) < 4.78 is 0. The summed E-state index contributed by atoms with van der Waals surface area (Å²) in [5.41, 5.74) is 4.26. The topological polar surface area (TPSA) is 12.0 Å². The molecule has 1 N–H and O–H groups in total. The molecule has 0 aromatic heterocycles. The monoisotopic (exact) mass is 231 g/mol. The van der Waals surface area contributed by atoms with Gasteiger partial charge in [-0.25, -0.2) is 0 Å². The Labute approximate surface area is 106 Å². The second-order valence-electron chi connectivity index (χ2n) is 5.39. The Bertz CT molecular complexity index is 370. The predicted molar refractivity (Wildman–Crippen MR) is 75.6 cm³/mol. The largest absolute Gasteiger partial charge is 0.382 e. The van der Waals surface area contributed by atoms with Gasteiger partial charge < -0.3 is 5.32 Å². The van der Waals surface area contributed by atoms with E-state index in [2.05, 4.69) is 44.3 Å². The van der Waals surface area contributed by atoms with E-state index in [1.54, 1.807) is 0 Å². The summed E-state index contributed by atoms with van der Waals surface area (Å²) in [4.78, 5) is 0. The third-order valence-electron chi connectivity index (χ3n) is 4.21. The molecule has 1 nitrogen and oxygen atoms in total. The average Bonchev–Trinajstić information content (AvgIpc) is 2.79. The fraction of sp³-hybridized carbons (Fsp3) is 0.625. The Kier molecular flexibility index (Phi) is 4.09. The number of anilines is 1. The van der Waals surface area contributed by atoms with Gasteiger partial charge in [0.25, 0.3) is 0 Å².